The summed E-state index contributed by atoms with van der Waals surface area (Å²) in [6.45, 7) is 0. The lowest BCUT2D eigenvalue weighted by Gasteiger charge is -2.07. The number of nitrogens with zero attached hydrogens (tertiary/aromatic N) is 2. The number of para-hydroxylation sites is 1. The zero-order valence-corrected chi connectivity index (χ0v) is 19.5. The molecule has 7 aromatic rings. The number of hydrogen-bond acceptors (Lipinski definition) is 4. The number of aromatic nitrogens is 2. The van der Waals surface area contributed by atoms with Gasteiger partial charge in [0.1, 0.15) is 5.52 Å². The predicted molar refractivity (Wildman–Crippen MR) is 146 cm³/mol. The first-order chi connectivity index (χ1) is 18.2. The van der Waals surface area contributed by atoms with Crippen LogP contribution in [0.15, 0.2) is 114 Å². The number of rotatable bonds is 4. The summed E-state index contributed by atoms with van der Waals surface area (Å²) >= 11 is 0. The molecule has 0 aliphatic rings. The summed E-state index contributed by atoms with van der Waals surface area (Å²) in [5.74, 6) is 0.592. The van der Waals surface area contributed by atoms with E-state index in [4.69, 9.17) is 9.40 Å². The average Bonchev–Trinajstić information content (AvgIpc) is 3.55. The van der Waals surface area contributed by atoms with Crippen LogP contribution in [-0.4, -0.2) is 14.9 Å². The number of hydrogen-bond donors (Lipinski definition) is 1. The van der Waals surface area contributed by atoms with Crippen molar-refractivity contribution in [3.63, 3.8) is 0 Å². The van der Waals surface area contributed by atoms with Crippen LogP contribution in [-0.2, 0) is 0 Å². The van der Waals surface area contributed by atoms with Crippen LogP contribution >= 0.6 is 0 Å². The van der Waals surface area contributed by atoms with E-state index in [0.29, 0.717) is 11.5 Å². The van der Waals surface area contributed by atoms with Gasteiger partial charge in [-0.1, -0.05) is 54.6 Å². The number of nitrogens with one attached hydrogen (secondary N) is 1. The third-order valence-corrected chi connectivity index (χ3v) is 6.76. The number of fused-ring (bicyclic) bond motifs is 5. The molecule has 5 aromatic carbocycles. The molecule has 0 bridgehead atoms. The van der Waals surface area contributed by atoms with E-state index < -0.39 is 0 Å². The molecule has 0 saturated carbocycles. The fourth-order valence-corrected chi connectivity index (χ4v) is 4.98. The molecule has 0 amide bonds. The van der Waals surface area contributed by atoms with Gasteiger partial charge in [-0.05, 0) is 65.2 Å². The molecule has 0 atom stereocenters. The molecule has 37 heavy (non-hydrogen) atoms. The summed E-state index contributed by atoms with van der Waals surface area (Å²) < 4.78 is 6.21. The van der Waals surface area contributed by atoms with Crippen LogP contribution in [0.25, 0.3) is 66.6 Å². The monoisotopic (exact) mass is 481 g/mol. The molecule has 2 aromatic heterocycles. The molecule has 0 aliphatic carbocycles. The maximum atomic E-state index is 11.6. The van der Waals surface area contributed by atoms with Gasteiger partial charge in [0.25, 0.3) is 5.69 Å². The molecule has 0 saturated heterocycles. The van der Waals surface area contributed by atoms with Gasteiger partial charge in [0, 0.05) is 27.9 Å². The summed E-state index contributed by atoms with van der Waals surface area (Å²) in [4.78, 5) is 19.4. The normalized spacial score (nSPS) is 11.5. The van der Waals surface area contributed by atoms with Gasteiger partial charge >= 0.3 is 0 Å². The van der Waals surface area contributed by atoms with Crippen molar-refractivity contribution < 1.29 is 9.34 Å². The van der Waals surface area contributed by atoms with E-state index >= 15 is 0 Å². The van der Waals surface area contributed by atoms with Crippen LogP contribution < -0.4 is 0 Å². The van der Waals surface area contributed by atoms with Crippen molar-refractivity contribution in [2.75, 3.05) is 0 Å². The molecule has 0 spiro atoms. The van der Waals surface area contributed by atoms with Crippen LogP contribution in [0.4, 0.5) is 5.69 Å². The topological polar surface area (TPSA) is 85.0 Å². The van der Waals surface area contributed by atoms with Gasteiger partial charge in [0.05, 0.1) is 16.0 Å². The minimum absolute atomic E-state index is 0.0951. The highest BCUT2D eigenvalue weighted by Gasteiger charge is 2.17. The van der Waals surface area contributed by atoms with Crippen molar-refractivity contribution in [1.82, 2.24) is 9.97 Å². The standard InChI is InChI=1S/C31H19N3O3/c35-34(36)28-12-5-4-11-23(28)22-10-6-9-20(17-22)21-13-15-26-25(18-21)24-14-16-27-30(29(24)32-26)37-31(33-27)19-7-2-1-3-8-19/h1-18,32H. The van der Waals surface area contributed by atoms with Crippen LogP contribution in [0.1, 0.15) is 0 Å². The van der Waals surface area contributed by atoms with Crippen molar-refractivity contribution in [2.24, 2.45) is 0 Å². The highest BCUT2D eigenvalue weighted by molar-refractivity contribution is 6.15. The number of benzene rings is 5. The molecule has 176 valence electrons. The van der Waals surface area contributed by atoms with Gasteiger partial charge in [-0.25, -0.2) is 4.98 Å². The van der Waals surface area contributed by atoms with E-state index in [9.17, 15) is 10.1 Å². The second kappa shape index (κ2) is 8.17. The zero-order chi connectivity index (χ0) is 24.9. The first-order valence-electron chi connectivity index (χ1n) is 11.9. The molecule has 6 nitrogen and oxygen atoms in total. The minimum Gasteiger partial charge on any atom is -0.434 e. The maximum Gasteiger partial charge on any atom is 0.277 e. The lowest BCUT2D eigenvalue weighted by atomic mass is 9.97. The Morgan fingerprint density at radius 3 is 2.32 bits per heavy atom. The van der Waals surface area contributed by atoms with E-state index in [1.807, 2.05) is 66.7 Å². The van der Waals surface area contributed by atoms with Gasteiger partial charge < -0.3 is 9.40 Å². The summed E-state index contributed by atoms with van der Waals surface area (Å²) in [6, 6.07) is 34.9. The second-order valence-corrected chi connectivity index (χ2v) is 8.96. The van der Waals surface area contributed by atoms with Crippen molar-refractivity contribution in [1.29, 1.82) is 0 Å². The minimum atomic E-state index is -0.340. The Labute approximate surface area is 211 Å². The Kier molecular flexibility index (Phi) is 4.66. The Morgan fingerprint density at radius 2 is 1.46 bits per heavy atom. The molecule has 0 unspecified atom stereocenters. The molecule has 0 fully saturated rings. The summed E-state index contributed by atoms with van der Waals surface area (Å²) in [5.41, 5.74) is 7.89. The molecule has 6 heteroatoms. The van der Waals surface area contributed by atoms with E-state index in [1.54, 1.807) is 12.1 Å². The number of nitro benzene ring substituents is 1. The summed E-state index contributed by atoms with van der Waals surface area (Å²) in [5, 5.41) is 13.7. The molecule has 7 rings (SSSR count). The van der Waals surface area contributed by atoms with E-state index in [0.717, 1.165) is 55.2 Å². The van der Waals surface area contributed by atoms with Crippen molar-refractivity contribution in [3.05, 3.63) is 119 Å². The largest absolute Gasteiger partial charge is 0.434 e. The van der Waals surface area contributed by atoms with Gasteiger partial charge in [0.2, 0.25) is 5.89 Å². The average molecular weight is 482 g/mol. The molecular formula is C31H19N3O3. The van der Waals surface area contributed by atoms with Crippen LogP contribution in [0.2, 0.25) is 0 Å². The lowest BCUT2D eigenvalue weighted by molar-refractivity contribution is -0.384. The van der Waals surface area contributed by atoms with E-state index in [-0.39, 0.29) is 10.6 Å². The fourth-order valence-electron chi connectivity index (χ4n) is 4.98. The van der Waals surface area contributed by atoms with Crippen molar-refractivity contribution in [3.8, 4) is 33.7 Å². The van der Waals surface area contributed by atoms with Crippen LogP contribution in [0.3, 0.4) is 0 Å². The van der Waals surface area contributed by atoms with Gasteiger partial charge in [-0.2, -0.15) is 0 Å². The van der Waals surface area contributed by atoms with E-state index in [1.165, 1.54) is 6.07 Å². The number of nitro groups is 1. The van der Waals surface area contributed by atoms with Gasteiger partial charge in [-0.15, -0.1) is 0 Å². The summed E-state index contributed by atoms with van der Waals surface area (Å²) in [6.07, 6.45) is 0. The summed E-state index contributed by atoms with van der Waals surface area (Å²) in [7, 11) is 0. The predicted octanol–water partition coefficient (Wildman–Crippen LogP) is 8.37. The van der Waals surface area contributed by atoms with Gasteiger partial charge in [0.15, 0.2) is 5.58 Å². The number of oxazole rings is 1. The van der Waals surface area contributed by atoms with Crippen LogP contribution in [0, 0.1) is 10.1 Å². The first-order valence-corrected chi connectivity index (χ1v) is 11.9. The first kappa shape index (κ1) is 21.1. The van der Waals surface area contributed by atoms with Crippen molar-refractivity contribution in [2.45, 2.75) is 0 Å². The number of H-pyrrole nitrogens is 1. The molecule has 0 aliphatic heterocycles. The highest BCUT2D eigenvalue weighted by atomic mass is 16.6. The number of aromatic amines is 1. The molecule has 2 heterocycles. The SMILES string of the molecule is O=[N+]([O-])c1ccccc1-c1cccc(-c2ccc3[nH]c4c(ccc5nc(-c6ccccc6)oc54)c3c2)c1. The third kappa shape index (κ3) is 3.46. The zero-order valence-electron chi connectivity index (χ0n) is 19.5. The highest BCUT2D eigenvalue weighted by Crippen LogP contribution is 2.37. The lowest BCUT2D eigenvalue weighted by Crippen LogP contribution is -1.91. The Morgan fingerprint density at radius 1 is 0.703 bits per heavy atom. The maximum absolute atomic E-state index is 11.6. The molecule has 0 radical (unpaired) electrons. The van der Waals surface area contributed by atoms with Crippen molar-refractivity contribution >= 4 is 38.6 Å². The second-order valence-electron chi connectivity index (χ2n) is 8.96. The van der Waals surface area contributed by atoms with E-state index in [2.05, 4.69) is 29.2 Å². The molecular weight excluding hydrogens is 462 g/mol. The van der Waals surface area contributed by atoms with Gasteiger partial charge in [-0.3, -0.25) is 10.1 Å². The van der Waals surface area contributed by atoms with Crippen LogP contribution in [0.5, 0.6) is 0 Å². The quantitative estimate of drug-likeness (QED) is 0.202. The third-order valence-electron chi connectivity index (χ3n) is 6.76. The smallest absolute Gasteiger partial charge is 0.277 e. The fraction of sp³-hybridized carbons (Fsp3) is 0. The Hall–Kier alpha value is -5.23. The Bertz CT molecular complexity index is 1970. The Balaban J connectivity index is 1.35. The molecule has 1 N–H and O–H groups in total.